The highest BCUT2D eigenvalue weighted by atomic mass is 32.1. The predicted molar refractivity (Wildman–Crippen MR) is 70.0 cm³/mol. The molecule has 0 fully saturated rings. The number of halogens is 1. The van der Waals surface area contributed by atoms with E-state index in [4.69, 9.17) is 5.11 Å². The lowest BCUT2D eigenvalue weighted by atomic mass is 10.2. The minimum atomic E-state index is -1.17. The summed E-state index contributed by atoms with van der Waals surface area (Å²) in [6, 6.07) is 6.88. The van der Waals surface area contributed by atoms with Crippen molar-refractivity contribution in [2.24, 2.45) is 0 Å². The van der Waals surface area contributed by atoms with Crippen LogP contribution in [0.4, 0.5) is 10.1 Å². The summed E-state index contributed by atoms with van der Waals surface area (Å²) in [5, 5.41) is 13.0. The number of carboxylic acids is 1. The van der Waals surface area contributed by atoms with Gasteiger partial charge in [0.2, 0.25) is 5.91 Å². The topological polar surface area (TPSA) is 66.4 Å². The molecule has 0 bridgehead atoms. The lowest BCUT2D eigenvalue weighted by molar-refractivity contribution is -0.115. The summed E-state index contributed by atoms with van der Waals surface area (Å²) in [5.41, 5.74) is -0.200. The maximum Gasteiger partial charge on any atom is 0.335 e. The molecule has 6 heteroatoms. The van der Waals surface area contributed by atoms with Crippen LogP contribution in [0.25, 0.3) is 0 Å². The predicted octanol–water partition coefficient (Wildman–Crippen LogP) is 2.77. The Labute approximate surface area is 112 Å². The maximum atomic E-state index is 13.5. The van der Waals surface area contributed by atoms with Crippen molar-refractivity contribution in [1.82, 2.24) is 0 Å². The molecule has 2 rings (SSSR count). The molecule has 2 aromatic rings. The number of hydrogen-bond donors (Lipinski definition) is 2. The second-order valence-corrected chi connectivity index (χ2v) is 4.84. The molecule has 0 aliphatic rings. The molecule has 98 valence electrons. The van der Waals surface area contributed by atoms with Crippen LogP contribution >= 0.6 is 11.3 Å². The fourth-order valence-corrected chi connectivity index (χ4v) is 2.22. The van der Waals surface area contributed by atoms with Crippen LogP contribution in [0.2, 0.25) is 0 Å². The first-order valence-electron chi connectivity index (χ1n) is 5.41. The third-order valence-corrected chi connectivity index (χ3v) is 3.28. The van der Waals surface area contributed by atoms with E-state index in [-0.39, 0.29) is 23.6 Å². The van der Waals surface area contributed by atoms with E-state index in [1.165, 1.54) is 11.3 Å². The molecule has 0 unspecified atom stereocenters. The van der Waals surface area contributed by atoms with Crippen molar-refractivity contribution in [2.45, 2.75) is 6.42 Å². The van der Waals surface area contributed by atoms with Gasteiger partial charge in [-0.2, -0.15) is 0 Å². The van der Waals surface area contributed by atoms with Crippen LogP contribution in [0.3, 0.4) is 0 Å². The first-order valence-corrected chi connectivity index (χ1v) is 6.29. The number of aromatic carboxylic acids is 1. The number of carbonyl (C=O) groups excluding carboxylic acids is 1. The van der Waals surface area contributed by atoms with Gasteiger partial charge in [0.25, 0.3) is 0 Å². The van der Waals surface area contributed by atoms with Crippen LogP contribution in [0.15, 0.2) is 35.7 Å². The molecule has 1 amide bonds. The van der Waals surface area contributed by atoms with Gasteiger partial charge in [-0.25, -0.2) is 9.18 Å². The van der Waals surface area contributed by atoms with Gasteiger partial charge in [0.15, 0.2) is 0 Å². The van der Waals surface area contributed by atoms with Crippen molar-refractivity contribution >= 4 is 28.9 Å². The average Bonchev–Trinajstić information content (AvgIpc) is 2.84. The number of anilines is 1. The maximum absolute atomic E-state index is 13.5. The molecule has 0 saturated carbocycles. The number of amides is 1. The Morgan fingerprint density at radius 3 is 2.74 bits per heavy atom. The molecule has 0 spiro atoms. The van der Waals surface area contributed by atoms with Gasteiger partial charge >= 0.3 is 5.97 Å². The molecule has 0 aliphatic carbocycles. The second kappa shape index (κ2) is 5.62. The van der Waals surface area contributed by atoms with E-state index in [0.717, 1.165) is 23.1 Å². The molecule has 1 heterocycles. The summed E-state index contributed by atoms with van der Waals surface area (Å²) in [5.74, 6) is -2.22. The van der Waals surface area contributed by atoms with Crippen molar-refractivity contribution in [3.8, 4) is 0 Å². The summed E-state index contributed by atoms with van der Waals surface area (Å²) in [4.78, 5) is 23.3. The smallest absolute Gasteiger partial charge is 0.335 e. The number of carbonyl (C=O) groups is 2. The van der Waals surface area contributed by atoms with E-state index < -0.39 is 11.8 Å². The first-order chi connectivity index (χ1) is 9.06. The Morgan fingerprint density at radius 2 is 2.11 bits per heavy atom. The van der Waals surface area contributed by atoms with Crippen molar-refractivity contribution in [2.75, 3.05) is 5.32 Å². The molecular weight excluding hydrogens is 269 g/mol. The van der Waals surface area contributed by atoms with Crippen molar-refractivity contribution in [3.63, 3.8) is 0 Å². The van der Waals surface area contributed by atoms with E-state index in [0.29, 0.717) is 0 Å². The van der Waals surface area contributed by atoms with Gasteiger partial charge in [-0.05, 0) is 29.6 Å². The van der Waals surface area contributed by atoms with Crippen LogP contribution in [0.5, 0.6) is 0 Å². The molecule has 0 aliphatic heterocycles. The van der Waals surface area contributed by atoms with E-state index in [2.05, 4.69) is 5.32 Å². The number of nitrogens with one attached hydrogen (secondary N) is 1. The highest BCUT2D eigenvalue weighted by Crippen LogP contribution is 2.17. The minimum Gasteiger partial charge on any atom is -0.478 e. The molecule has 1 aromatic heterocycles. The summed E-state index contributed by atoms with van der Waals surface area (Å²) < 4.78 is 13.5. The van der Waals surface area contributed by atoms with Crippen molar-refractivity contribution in [1.29, 1.82) is 0 Å². The van der Waals surface area contributed by atoms with Gasteiger partial charge in [-0.15, -0.1) is 11.3 Å². The third kappa shape index (κ3) is 3.38. The Hall–Kier alpha value is -2.21. The van der Waals surface area contributed by atoms with Gasteiger partial charge < -0.3 is 10.4 Å². The monoisotopic (exact) mass is 279 g/mol. The molecular formula is C13H10FNO3S. The molecule has 1 aromatic carbocycles. The molecule has 0 atom stereocenters. The fraction of sp³-hybridized carbons (Fsp3) is 0.0769. The molecule has 2 N–H and O–H groups in total. The highest BCUT2D eigenvalue weighted by Gasteiger charge is 2.11. The average molecular weight is 279 g/mol. The Bertz CT molecular complexity index is 610. The van der Waals surface area contributed by atoms with Crippen molar-refractivity contribution in [3.05, 3.63) is 52.0 Å². The van der Waals surface area contributed by atoms with Gasteiger partial charge in [-0.1, -0.05) is 6.07 Å². The zero-order chi connectivity index (χ0) is 13.8. The van der Waals surface area contributed by atoms with Gasteiger partial charge in [0.1, 0.15) is 5.82 Å². The van der Waals surface area contributed by atoms with Gasteiger partial charge in [0.05, 0.1) is 17.7 Å². The minimum absolute atomic E-state index is 0.0761. The van der Waals surface area contributed by atoms with E-state index in [9.17, 15) is 14.0 Å². The third-order valence-electron chi connectivity index (χ3n) is 2.40. The standard InChI is InChI=1S/C13H10FNO3S/c14-10-4-3-8(13(17)18)6-11(10)15-12(16)7-9-2-1-5-19-9/h1-6H,7H2,(H,15,16)(H,17,18). The number of hydrogen-bond acceptors (Lipinski definition) is 3. The zero-order valence-corrected chi connectivity index (χ0v) is 10.5. The summed E-state index contributed by atoms with van der Waals surface area (Å²) in [6.07, 6.45) is 0.133. The largest absolute Gasteiger partial charge is 0.478 e. The Morgan fingerprint density at radius 1 is 1.32 bits per heavy atom. The highest BCUT2D eigenvalue weighted by molar-refractivity contribution is 7.10. The second-order valence-electron chi connectivity index (χ2n) is 3.80. The van der Waals surface area contributed by atoms with Crippen LogP contribution in [0.1, 0.15) is 15.2 Å². The number of thiophene rings is 1. The van der Waals surface area contributed by atoms with Crippen LogP contribution < -0.4 is 5.32 Å². The van der Waals surface area contributed by atoms with Crippen LogP contribution in [-0.4, -0.2) is 17.0 Å². The fourth-order valence-electron chi connectivity index (χ4n) is 1.52. The van der Waals surface area contributed by atoms with E-state index in [1.54, 1.807) is 6.07 Å². The molecule has 4 nitrogen and oxygen atoms in total. The lowest BCUT2D eigenvalue weighted by Gasteiger charge is -2.06. The number of carboxylic acid groups (broad SMARTS) is 1. The quantitative estimate of drug-likeness (QED) is 0.904. The first kappa shape index (κ1) is 13.2. The van der Waals surface area contributed by atoms with E-state index >= 15 is 0 Å². The zero-order valence-electron chi connectivity index (χ0n) is 9.72. The van der Waals surface area contributed by atoms with E-state index in [1.807, 2.05) is 11.4 Å². The normalized spacial score (nSPS) is 10.2. The SMILES string of the molecule is O=C(Cc1cccs1)Nc1cc(C(=O)O)ccc1F. The summed E-state index contributed by atoms with van der Waals surface area (Å²) in [6.45, 7) is 0. The lowest BCUT2D eigenvalue weighted by Crippen LogP contribution is -2.15. The summed E-state index contributed by atoms with van der Waals surface area (Å²) >= 11 is 1.43. The van der Waals surface area contributed by atoms with Crippen LogP contribution in [-0.2, 0) is 11.2 Å². The molecule has 19 heavy (non-hydrogen) atoms. The number of rotatable bonds is 4. The number of benzene rings is 1. The van der Waals surface area contributed by atoms with Crippen LogP contribution in [0, 0.1) is 5.82 Å². The molecule has 0 radical (unpaired) electrons. The molecule has 0 saturated heterocycles. The van der Waals surface area contributed by atoms with Gasteiger partial charge in [0, 0.05) is 4.88 Å². The summed E-state index contributed by atoms with van der Waals surface area (Å²) in [7, 11) is 0. The van der Waals surface area contributed by atoms with Gasteiger partial charge in [-0.3, -0.25) is 4.79 Å². The Balaban J connectivity index is 2.11. The van der Waals surface area contributed by atoms with Crippen molar-refractivity contribution < 1.29 is 19.1 Å². The Kier molecular flexibility index (Phi) is 3.91.